The van der Waals surface area contributed by atoms with E-state index in [1.807, 2.05) is 36.4 Å². The Balaban J connectivity index is 1.63. The summed E-state index contributed by atoms with van der Waals surface area (Å²) in [6.07, 6.45) is 0. The molecule has 0 aliphatic carbocycles. The molecule has 0 saturated heterocycles. The van der Waals surface area contributed by atoms with Crippen molar-refractivity contribution in [1.82, 2.24) is 0 Å². The maximum atomic E-state index is 11.0. The summed E-state index contributed by atoms with van der Waals surface area (Å²) in [6, 6.07) is 11.8. The molecule has 0 spiro atoms. The molecular formula is C26H36O10S2. The van der Waals surface area contributed by atoms with Gasteiger partial charge in [0.15, 0.2) is 11.5 Å². The van der Waals surface area contributed by atoms with E-state index in [1.54, 1.807) is 0 Å². The molecule has 0 heterocycles. The molecule has 10 nitrogen and oxygen atoms in total. The van der Waals surface area contributed by atoms with Crippen LogP contribution in [0, 0.1) is 0 Å². The zero-order valence-electron chi connectivity index (χ0n) is 21.3. The minimum absolute atomic E-state index is 0.0515. The first kappa shape index (κ1) is 32.0. The fourth-order valence-electron chi connectivity index (χ4n) is 3.01. The van der Waals surface area contributed by atoms with E-state index in [9.17, 15) is 9.59 Å². The number of carbonyl (C=O) groups excluding carboxylic acids is 2. The molecular weight excluding hydrogens is 536 g/mol. The lowest BCUT2D eigenvalue weighted by Crippen LogP contribution is -2.15. The summed E-state index contributed by atoms with van der Waals surface area (Å²) >= 11 is 7.65. The predicted molar refractivity (Wildman–Crippen MR) is 148 cm³/mol. The van der Waals surface area contributed by atoms with Crippen LogP contribution in [0.25, 0.3) is 10.8 Å². The Morgan fingerprint density at radius 1 is 0.526 bits per heavy atom. The van der Waals surface area contributed by atoms with Crippen LogP contribution in [-0.4, -0.2) is 103 Å². The molecule has 0 radical (unpaired) electrons. The third-order valence-electron chi connectivity index (χ3n) is 4.77. The highest BCUT2D eigenvalue weighted by Gasteiger charge is 2.08. The van der Waals surface area contributed by atoms with E-state index in [0.29, 0.717) is 77.6 Å². The van der Waals surface area contributed by atoms with E-state index in [1.165, 1.54) is 0 Å². The Kier molecular flexibility index (Phi) is 17.4. The van der Waals surface area contributed by atoms with E-state index in [0.717, 1.165) is 10.8 Å². The van der Waals surface area contributed by atoms with Gasteiger partial charge < -0.3 is 37.9 Å². The highest BCUT2D eigenvalue weighted by Crippen LogP contribution is 2.32. The molecule has 0 saturated carbocycles. The number of benzene rings is 2. The average Bonchev–Trinajstić information content (AvgIpc) is 2.94. The number of hydrogen-bond acceptors (Lipinski definition) is 12. The molecule has 0 atom stereocenters. The smallest absolute Gasteiger partial charge is 0.315 e. The fourth-order valence-corrected chi connectivity index (χ4v) is 3.19. The van der Waals surface area contributed by atoms with Gasteiger partial charge in [-0.2, -0.15) is 25.3 Å². The molecule has 38 heavy (non-hydrogen) atoms. The second-order valence-corrected chi connectivity index (χ2v) is 8.18. The molecule has 0 aliphatic rings. The molecule has 2 aromatic carbocycles. The van der Waals surface area contributed by atoms with Crippen molar-refractivity contribution in [1.29, 1.82) is 0 Å². The lowest BCUT2D eigenvalue weighted by Gasteiger charge is -2.15. The number of ether oxygens (including phenoxy) is 8. The van der Waals surface area contributed by atoms with Gasteiger partial charge in [0, 0.05) is 0 Å². The Bertz CT molecular complexity index is 869. The second-order valence-electron chi connectivity index (χ2n) is 7.55. The van der Waals surface area contributed by atoms with Crippen LogP contribution < -0.4 is 9.47 Å². The van der Waals surface area contributed by atoms with Crippen molar-refractivity contribution < 1.29 is 47.5 Å². The van der Waals surface area contributed by atoms with Gasteiger partial charge in [0.1, 0.15) is 26.4 Å². The van der Waals surface area contributed by atoms with Gasteiger partial charge in [0.05, 0.1) is 64.4 Å². The lowest BCUT2D eigenvalue weighted by atomic mass is 10.1. The van der Waals surface area contributed by atoms with Gasteiger partial charge in [0.25, 0.3) is 0 Å². The standard InChI is InChI=1S/C26H36O10S2/c27-25(19-37)35-15-11-31-7-5-29-9-13-33-23-17-21-3-1-2-4-22(21)18-24(23)34-14-10-30-6-8-32-12-16-36-26(28)20-38/h1-4,17-18,37-38H,5-16,19-20H2. The number of carbonyl (C=O) groups is 2. The number of fused-ring (bicyclic) bond motifs is 1. The summed E-state index contributed by atoms with van der Waals surface area (Å²) in [5, 5.41) is 2.08. The van der Waals surface area contributed by atoms with Gasteiger partial charge in [-0.3, -0.25) is 9.59 Å². The minimum Gasteiger partial charge on any atom is -0.487 e. The van der Waals surface area contributed by atoms with Gasteiger partial charge in [-0.15, -0.1) is 0 Å². The maximum absolute atomic E-state index is 11.0. The van der Waals surface area contributed by atoms with Crippen LogP contribution in [-0.2, 0) is 38.0 Å². The molecule has 2 aromatic rings. The Labute approximate surface area is 233 Å². The Morgan fingerprint density at radius 3 is 1.24 bits per heavy atom. The van der Waals surface area contributed by atoms with Crippen molar-refractivity contribution in [2.24, 2.45) is 0 Å². The molecule has 0 bridgehead atoms. The van der Waals surface area contributed by atoms with Crippen LogP contribution in [0.1, 0.15) is 0 Å². The number of rotatable bonds is 22. The quantitative estimate of drug-likeness (QED) is 0.124. The minimum atomic E-state index is -0.373. The summed E-state index contributed by atoms with van der Waals surface area (Å²) in [5.74, 6) is 0.596. The predicted octanol–water partition coefficient (Wildman–Crippen LogP) is 2.61. The first-order valence-electron chi connectivity index (χ1n) is 12.3. The van der Waals surface area contributed by atoms with E-state index in [2.05, 4.69) is 25.3 Å². The van der Waals surface area contributed by atoms with Crippen molar-refractivity contribution in [2.75, 3.05) is 90.8 Å². The van der Waals surface area contributed by atoms with E-state index in [4.69, 9.17) is 37.9 Å². The van der Waals surface area contributed by atoms with Gasteiger partial charge in [0.2, 0.25) is 0 Å². The van der Waals surface area contributed by atoms with E-state index >= 15 is 0 Å². The molecule has 0 amide bonds. The van der Waals surface area contributed by atoms with Crippen LogP contribution in [0.15, 0.2) is 36.4 Å². The first-order valence-corrected chi connectivity index (χ1v) is 13.5. The van der Waals surface area contributed by atoms with Crippen LogP contribution in [0.2, 0.25) is 0 Å². The summed E-state index contributed by atoms with van der Waals surface area (Å²) in [6.45, 7) is 4.00. The van der Waals surface area contributed by atoms with Crippen molar-refractivity contribution >= 4 is 48.0 Å². The average molecular weight is 573 g/mol. The Hall–Kier alpha value is -2.22. The summed E-state index contributed by atoms with van der Waals surface area (Å²) < 4.78 is 43.3. The molecule has 0 aliphatic heterocycles. The van der Waals surface area contributed by atoms with E-state index < -0.39 is 0 Å². The molecule has 2 rings (SSSR count). The van der Waals surface area contributed by atoms with Crippen LogP contribution >= 0.6 is 25.3 Å². The molecule has 0 unspecified atom stereocenters. The fraction of sp³-hybridized carbons (Fsp3) is 0.538. The molecule has 0 N–H and O–H groups in total. The van der Waals surface area contributed by atoms with Gasteiger partial charge in [-0.25, -0.2) is 0 Å². The number of esters is 2. The number of thiol groups is 2. The highest BCUT2D eigenvalue weighted by atomic mass is 32.1. The number of hydrogen-bond donors (Lipinski definition) is 2. The SMILES string of the molecule is O=C(CS)OCCOCCOCCOc1cc2ccccc2cc1OCCOCCOCCOC(=O)CS. The molecule has 0 aromatic heterocycles. The Morgan fingerprint density at radius 2 is 0.868 bits per heavy atom. The largest absolute Gasteiger partial charge is 0.487 e. The van der Waals surface area contributed by atoms with Crippen LogP contribution in [0.3, 0.4) is 0 Å². The summed E-state index contributed by atoms with van der Waals surface area (Å²) in [4.78, 5) is 21.9. The maximum Gasteiger partial charge on any atom is 0.315 e. The summed E-state index contributed by atoms with van der Waals surface area (Å²) in [7, 11) is 0. The third-order valence-corrected chi connectivity index (χ3v) is 5.28. The van der Waals surface area contributed by atoms with Crippen molar-refractivity contribution in [2.45, 2.75) is 0 Å². The second kappa shape index (κ2) is 20.7. The van der Waals surface area contributed by atoms with Crippen LogP contribution in [0.4, 0.5) is 0 Å². The van der Waals surface area contributed by atoms with Crippen molar-refractivity contribution in [3.63, 3.8) is 0 Å². The zero-order chi connectivity index (χ0) is 27.3. The molecule has 0 fully saturated rings. The monoisotopic (exact) mass is 572 g/mol. The van der Waals surface area contributed by atoms with Crippen molar-refractivity contribution in [3.05, 3.63) is 36.4 Å². The topological polar surface area (TPSA) is 108 Å². The van der Waals surface area contributed by atoms with Gasteiger partial charge in [-0.1, -0.05) is 24.3 Å². The zero-order valence-corrected chi connectivity index (χ0v) is 23.1. The third kappa shape index (κ3) is 14.1. The lowest BCUT2D eigenvalue weighted by molar-refractivity contribution is -0.143. The van der Waals surface area contributed by atoms with E-state index in [-0.39, 0.29) is 36.7 Å². The van der Waals surface area contributed by atoms with Crippen molar-refractivity contribution in [3.8, 4) is 11.5 Å². The first-order chi connectivity index (χ1) is 18.6. The summed E-state index contributed by atoms with van der Waals surface area (Å²) in [5.41, 5.74) is 0. The van der Waals surface area contributed by atoms with Crippen LogP contribution in [0.5, 0.6) is 11.5 Å². The molecule has 12 heteroatoms. The highest BCUT2D eigenvalue weighted by molar-refractivity contribution is 7.81. The molecule has 212 valence electrons. The van der Waals surface area contributed by atoms with Gasteiger partial charge in [-0.05, 0) is 22.9 Å². The normalized spacial score (nSPS) is 10.9. The van der Waals surface area contributed by atoms with Gasteiger partial charge >= 0.3 is 11.9 Å².